The molecule has 33 heavy (non-hydrogen) atoms. The number of nitrogens with zero attached hydrogens (tertiary/aromatic N) is 2. The van der Waals surface area contributed by atoms with E-state index in [0.717, 1.165) is 36.7 Å². The van der Waals surface area contributed by atoms with E-state index in [1.165, 1.54) is 10.6 Å². The summed E-state index contributed by atoms with van der Waals surface area (Å²) in [6.07, 6.45) is -3.03. The maximum absolute atomic E-state index is 13.1. The summed E-state index contributed by atoms with van der Waals surface area (Å²) in [7, 11) is 0. The predicted molar refractivity (Wildman–Crippen MR) is 121 cm³/mol. The van der Waals surface area contributed by atoms with E-state index < -0.39 is 22.7 Å². The van der Waals surface area contributed by atoms with E-state index >= 15 is 0 Å². The van der Waals surface area contributed by atoms with E-state index in [9.17, 15) is 22.8 Å². The molecule has 1 amide bonds. The molecule has 174 valence electrons. The van der Waals surface area contributed by atoms with Crippen molar-refractivity contribution in [2.24, 2.45) is 0 Å². The third-order valence-electron chi connectivity index (χ3n) is 5.12. The summed E-state index contributed by atoms with van der Waals surface area (Å²) in [6, 6.07) is 10.1. The number of para-hydroxylation sites is 1. The van der Waals surface area contributed by atoms with Gasteiger partial charge in [0.05, 0.1) is 39.9 Å². The minimum absolute atomic E-state index is 0.0273. The Bertz CT molecular complexity index is 1240. The second-order valence-electron chi connectivity index (χ2n) is 7.49. The van der Waals surface area contributed by atoms with Crippen LogP contribution in [-0.2, 0) is 22.3 Å². The van der Waals surface area contributed by atoms with Crippen molar-refractivity contribution in [2.45, 2.75) is 36.8 Å². The standard InChI is InChI=1S/C22H19ClF3N3O3S/c23-17-8-7-13(10-16(17)22(24,25)26)27-19(30)12-33-21-28-18-6-2-1-5-15(18)20(31)29(21)11-14-4-3-9-32-14/h1-2,5-8,10,14H,3-4,9,11-12H2,(H,27,30)/t14-/m0/s1. The number of aromatic nitrogens is 2. The van der Waals surface area contributed by atoms with Gasteiger partial charge >= 0.3 is 6.18 Å². The lowest BCUT2D eigenvalue weighted by Gasteiger charge is -2.16. The van der Waals surface area contributed by atoms with Crippen LogP contribution in [0.3, 0.4) is 0 Å². The Labute approximate surface area is 196 Å². The predicted octanol–water partition coefficient (Wildman–Crippen LogP) is 4.98. The maximum Gasteiger partial charge on any atom is 0.417 e. The molecule has 0 saturated carbocycles. The number of benzene rings is 2. The molecule has 1 atom stereocenters. The highest BCUT2D eigenvalue weighted by Gasteiger charge is 2.33. The number of hydrogen-bond donors (Lipinski definition) is 1. The van der Waals surface area contributed by atoms with E-state index in [1.807, 2.05) is 0 Å². The lowest BCUT2D eigenvalue weighted by Crippen LogP contribution is -2.29. The normalized spacial score (nSPS) is 16.3. The number of hydrogen-bond acceptors (Lipinski definition) is 5. The first kappa shape index (κ1) is 23.6. The number of halogens is 4. The molecule has 1 fully saturated rings. The topological polar surface area (TPSA) is 73.2 Å². The third-order valence-corrected chi connectivity index (χ3v) is 6.43. The summed E-state index contributed by atoms with van der Waals surface area (Å²) >= 11 is 6.66. The van der Waals surface area contributed by atoms with Gasteiger partial charge < -0.3 is 10.1 Å². The number of fused-ring (bicyclic) bond motifs is 1. The van der Waals surface area contributed by atoms with Crippen LogP contribution in [0, 0.1) is 0 Å². The molecule has 0 bridgehead atoms. The molecule has 6 nitrogen and oxygen atoms in total. The summed E-state index contributed by atoms with van der Waals surface area (Å²) in [6.45, 7) is 0.944. The van der Waals surface area contributed by atoms with Gasteiger partial charge in [0.15, 0.2) is 5.16 Å². The first-order chi connectivity index (χ1) is 15.7. The molecule has 4 rings (SSSR count). The lowest BCUT2D eigenvalue weighted by atomic mass is 10.2. The van der Waals surface area contributed by atoms with Crippen molar-refractivity contribution < 1.29 is 22.7 Å². The molecule has 1 saturated heterocycles. The number of anilines is 1. The molecule has 0 aliphatic carbocycles. The van der Waals surface area contributed by atoms with Gasteiger partial charge in [0, 0.05) is 12.3 Å². The van der Waals surface area contributed by atoms with Crippen LogP contribution in [0.1, 0.15) is 18.4 Å². The first-order valence-electron chi connectivity index (χ1n) is 10.1. The molecule has 0 unspecified atom stereocenters. The summed E-state index contributed by atoms with van der Waals surface area (Å²) in [4.78, 5) is 30.1. The molecule has 3 aromatic rings. The number of nitrogens with one attached hydrogen (secondary N) is 1. The minimum Gasteiger partial charge on any atom is -0.376 e. The van der Waals surface area contributed by atoms with Crippen LogP contribution in [-0.4, -0.2) is 33.9 Å². The average molecular weight is 498 g/mol. The van der Waals surface area contributed by atoms with Crippen LogP contribution in [0.2, 0.25) is 5.02 Å². The Hall–Kier alpha value is -2.56. The van der Waals surface area contributed by atoms with Crippen LogP contribution in [0.4, 0.5) is 18.9 Å². The van der Waals surface area contributed by atoms with Crippen molar-refractivity contribution in [3.05, 3.63) is 63.4 Å². The van der Waals surface area contributed by atoms with Crippen LogP contribution in [0.5, 0.6) is 0 Å². The summed E-state index contributed by atoms with van der Waals surface area (Å²) < 4.78 is 46.3. The molecule has 0 radical (unpaired) electrons. The van der Waals surface area contributed by atoms with E-state index in [0.29, 0.717) is 29.2 Å². The Morgan fingerprint density at radius 3 is 2.79 bits per heavy atom. The van der Waals surface area contributed by atoms with Gasteiger partial charge in [-0.15, -0.1) is 0 Å². The van der Waals surface area contributed by atoms with E-state index in [4.69, 9.17) is 16.3 Å². The van der Waals surface area contributed by atoms with Crippen molar-refractivity contribution in [1.29, 1.82) is 0 Å². The van der Waals surface area contributed by atoms with Crippen molar-refractivity contribution in [3.8, 4) is 0 Å². The smallest absolute Gasteiger partial charge is 0.376 e. The zero-order valence-corrected chi connectivity index (χ0v) is 18.8. The van der Waals surface area contributed by atoms with Gasteiger partial charge in [0.2, 0.25) is 5.91 Å². The molecule has 1 N–H and O–H groups in total. The number of carbonyl (C=O) groups is 1. The van der Waals surface area contributed by atoms with E-state index in [2.05, 4.69) is 10.3 Å². The molecule has 0 spiro atoms. The maximum atomic E-state index is 13.1. The SMILES string of the molecule is O=C(CSc1nc2ccccc2c(=O)n1C[C@@H]1CCCO1)Nc1ccc(Cl)c(C(F)(F)F)c1. The quantitative estimate of drug-likeness (QED) is 0.384. The average Bonchev–Trinajstić information content (AvgIpc) is 3.28. The fourth-order valence-electron chi connectivity index (χ4n) is 3.56. The van der Waals surface area contributed by atoms with Gasteiger partial charge in [-0.05, 0) is 43.2 Å². The van der Waals surface area contributed by atoms with Gasteiger partial charge in [-0.1, -0.05) is 35.5 Å². The zero-order valence-electron chi connectivity index (χ0n) is 17.2. The second-order valence-corrected chi connectivity index (χ2v) is 8.84. The molecule has 2 heterocycles. The Morgan fingerprint density at radius 1 is 1.27 bits per heavy atom. The largest absolute Gasteiger partial charge is 0.417 e. The highest BCUT2D eigenvalue weighted by atomic mass is 35.5. The van der Waals surface area contributed by atoms with E-state index in [1.54, 1.807) is 24.3 Å². The summed E-state index contributed by atoms with van der Waals surface area (Å²) in [5.74, 6) is -0.693. The Morgan fingerprint density at radius 2 is 2.06 bits per heavy atom. The van der Waals surface area contributed by atoms with Crippen molar-refractivity contribution >= 4 is 45.9 Å². The number of rotatable bonds is 6. The number of ether oxygens (including phenoxy) is 1. The minimum atomic E-state index is -4.64. The van der Waals surface area contributed by atoms with Crippen molar-refractivity contribution in [3.63, 3.8) is 0 Å². The Kier molecular flexibility index (Phi) is 6.96. The van der Waals surface area contributed by atoms with Gasteiger partial charge in [-0.3, -0.25) is 14.2 Å². The molecular weight excluding hydrogens is 479 g/mol. The molecule has 11 heteroatoms. The van der Waals surface area contributed by atoms with Crippen LogP contribution < -0.4 is 10.9 Å². The summed E-state index contributed by atoms with van der Waals surface area (Å²) in [5, 5.41) is 2.79. The summed E-state index contributed by atoms with van der Waals surface area (Å²) in [5.41, 5.74) is -0.787. The first-order valence-corrected chi connectivity index (χ1v) is 11.5. The fourth-order valence-corrected chi connectivity index (χ4v) is 4.59. The van der Waals surface area contributed by atoms with Gasteiger partial charge in [-0.25, -0.2) is 4.98 Å². The molecule has 1 aliphatic rings. The van der Waals surface area contributed by atoms with Gasteiger partial charge in [-0.2, -0.15) is 13.2 Å². The van der Waals surface area contributed by atoms with Crippen LogP contribution in [0.25, 0.3) is 10.9 Å². The second kappa shape index (κ2) is 9.74. The van der Waals surface area contributed by atoms with Crippen LogP contribution >= 0.6 is 23.4 Å². The van der Waals surface area contributed by atoms with Gasteiger partial charge in [0.25, 0.3) is 5.56 Å². The van der Waals surface area contributed by atoms with E-state index in [-0.39, 0.29) is 23.1 Å². The van der Waals surface area contributed by atoms with Gasteiger partial charge in [0.1, 0.15) is 0 Å². The highest BCUT2D eigenvalue weighted by molar-refractivity contribution is 7.99. The molecule has 1 aliphatic heterocycles. The third kappa shape index (κ3) is 5.51. The Balaban J connectivity index is 1.54. The van der Waals surface area contributed by atoms with Crippen molar-refractivity contribution in [2.75, 3.05) is 17.7 Å². The zero-order chi connectivity index (χ0) is 23.6. The molecular formula is C22H19ClF3N3O3S. The number of alkyl halides is 3. The van der Waals surface area contributed by atoms with Crippen LogP contribution in [0.15, 0.2) is 52.4 Å². The monoisotopic (exact) mass is 497 g/mol. The number of amides is 1. The van der Waals surface area contributed by atoms with Crippen molar-refractivity contribution in [1.82, 2.24) is 9.55 Å². The number of thioether (sulfide) groups is 1. The number of carbonyl (C=O) groups excluding carboxylic acids is 1. The lowest BCUT2D eigenvalue weighted by molar-refractivity contribution is -0.137. The molecule has 2 aromatic carbocycles. The highest BCUT2D eigenvalue weighted by Crippen LogP contribution is 2.36. The molecule has 1 aromatic heterocycles. The fraction of sp³-hybridized carbons (Fsp3) is 0.318.